The Morgan fingerprint density at radius 3 is 2.44 bits per heavy atom. The van der Waals surface area contributed by atoms with Crippen molar-refractivity contribution in [3.8, 4) is 0 Å². The molecule has 27 heavy (non-hydrogen) atoms. The molecule has 1 amide bonds. The second-order valence-corrected chi connectivity index (χ2v) is 8.53. The summed E-state index contributed by atoms with van der Waals surface area (Å²) < 4.78 is 29.0. The number of fused-ring (bicyclic) bond motifs is 1. The quantitative estimate of drug-likeness (QED) is 0.703. The topological polar surface area (TPSA) is 101 Å². The van der Waals surface area contributed by atoms with E-state index in [1.165, 1.54) is 6.92 Å². The minimum atomic E-state index is -3.69. The maximum atomic E-state index is 13.1. The van der Waals surface area contributed by atoms with Crippen molar-refractivity contribution in [3.63, 3.8) is 0 Å². The third-order valence-corrected chi connectivity index (χ3v) is 6.55. The fourth-order valence-corrected chi connectivity index (χ4v) is 5.26. The van der Waals surface area contributed by atoms with Crippen LogP contribution in [0.1, 0.15) is 32.6 Å². The van der Waals surface area contributed by atoms with Crippen molar-refractivity contribution in [3.05, 3.63) is 36.4 Å². The van der Waals surface area contributed by atoms with E-state index in [1.807, 2.05) is 12.1 Å². The molecule has 0 bridgehead atoms. The number of hydrogen-bond acceptors (Lipinski definition) is 4. The van der Waals surface area contributed by atoms with Gasteiger partial charge in [0.05, 0.1) is 4.90 Å². The fraction of sp³-hybridized carbons (Fsp3) is 0.421. The van der Waals surface area contributed by atoms with Crippen LogP contribution in [0, 0.1) is 5.92 Å². The number of carbonyl (C=O) groups excluding carboxylic acids is 1. The maximum absolute atomic E-state index is 13.1. The highest BCUT2D eigenvalue weighted by Gasteiger charge is 2.29. The van der Waals surface area contributed by atoms with E-state index >= 15 is 0 Å². The normalized spacial score (nSPS) is 20.1. The third-order valence-electron chi connectivity index (χ3n) is 5.00. The summed E-state index contributed by atoms with van der Waals surface area (Å²) in [6.07, 6.45) is 3.86. The first-order valence-electron chi connectivity index (χ1n) is 8.94. The van der Waals surface area contributed by atoms with Gasteiger partial charge in [0.25, 0.3) is 0 Å². The summed E-state index contributed by atoms with van der Waals surface area (Å²) >= 11 is 0. The standard InChI is InChI=1S/C19H25N3O3S.ClH/c1-13(23)21-18-10-11-19(16-8-4-3-7-15(16)18)26(24,25)22-17-9-5-2-6-14(17)12-20;/h3-4,7-8,10-11,14,17,22H,2,5-6,9,12,20H2,1H3,(H,21,23);1H. The molecule has 0 aromatic heterocycles. The number of anilines is 1. The Labute approximate surface area is 166 Å². The van der Waals surface area contributed by atoms with Gasteiger partial charge in [0.1, 0.15) is 0 Å². The van der Waals surface area contributed by atoms with Crippen LogP contribution in [0.2, 0.25) is 0 Å². The second kappa shape index (κ2) is 9.01. The van der Waals surface area contributed by atoms with Gasteiger partial charge in [-0.25, -0.2) is 13.1 Å². The van der Waals surface area contributed by atoms with Crippen molar-refractivity contribution in [1.29, 1.82) is 0 Å². The summed E-state index contributed by atoms with van der Waals surface area (Å²) in [5.41, 5.74) is 6.43. The van der Waals surface area contributed by atoms with Crippen molar-refractivity contribution < 1.29 is 13.2 Å². The molecule has 1 aliphatic rings. The summed E-state index contributed by atoms with van der Waals surface area (Å²) in [6, 6.07) is 10.2. The average molecular weight is 412 g/mol. The van der Waals surface area contributed by atoms with Crippen molar-refractivity contribution in [2.75, 3.05) is 11.9 Å². The highest BCUT2D eigenvalue weighted by atomic mass is 35.5. The van der Waals surface area contributed by atoms with E-state index in [9.17, 15) is 13.2 Å². The highest BCUT2D eigenvalue weighted by Crippen LogP contribution is 2.31. The van der Waals surface area contributed by atoms with Crippen LogP contribution in [0.3, 0.4) is 0 Å². The number of rotatable bonds is 5. The van der Waals surface area contributed by atoms with Gasteiger partial charge in [-0.3, -0.25) is 4.79 Å². The number of sulfonamides is 1. The summed E-state index contributed by atoms with van der Waals surface area (Å²) in [4.78, 5) is 11.6. The lowest BCUT2D eigenvalue weighted by molar-refractivity contribution is -0.114. The van der Waals surface area contributed by atoms with Gasteiger partial charge in [-0.05, 0) is 37.4 Å². The zero-order valence-electron chi connectivity index (χ0n) is 15.3. The van der Waals surface area contributed by atoms with Crippen LogP contribution in [-0.4, -0.2) is 26.9 Å². The Hall–Kier alpha value is -1.67. The van der Waals surface area contributed by atoms with Crippen LogP contribution in [0.4, 0.5) is 5.69 Å². The van der Waals surface area contributed by atoms with E-state index in [0.717, 1.165) is 25.7 Å². The molecule has 3 rings (SSSR count). The summed E-state index contributed by atoms with van der Waals surface area (Å²) in [5.74, 6) is -0.0275. The summed E-state index contributed by atoms with van der Waals surface area (Å²) in [7, 11) is -3.69. The molecular weight excluding hydrogens is 386 g/mol. The zero-order valence-corrected chi connectivity index (χ0v) is 16.9. The van der Waals surface area contributed by atoms with Gasteiger partial charge in [-0.15, -0.1) is 12.4 Å². The molecule has 1 saturated carbocycles. The predicted octanol–water partition coefficient (Wildman–Crippen LogP) is 3.02. The molecule has 6 nitrogen and oxygen atoms in total. The summed E-state index contributed by atoms with van der Waals surface area (Å²) in [5, 5.41) is 4.04. The van der Waals surface area contributed by atoms with Gasteiger partial charge in [0, 0.05) is 29.4 Å². The Morgan fingerprint density at radius 1 is 1.11 bits per heavy atom. The highest BCUT2D eigenvalue weighted by molar-refractivity contribution is 7.89. The Morgan fingerprint density at radius 2 is 1.78 bits per heavy atom. The Kier molecular flexibility index (Phi) is 7.22. The van der Waals surface area contributed by atoms with Crippen LogP contribution in [0.15, 0.2) is 41.3 Å². The van der Waals surface area contributed by atoms with Crippen LogP contribution >= 0.6 is 12.4 Å². The van der Waals surface area contributed by atoms with E-state index in [4.69, 9.17) is 5.73 Å². The van der Waals surface area contributed by atoms with Crippen molar-refractivity contribution in [2.45, 2.75) is 43.5 Å². The summed E-state index contributed by atoms with van der Waals surface area (Å²) in [6.45, 7) is 1.91. The van der Waals surface area contributed by atoms with E-state index in [-0.39, 0.29) is 35.2 Å². The number of nitrogens with two attached hydrogens (primary N) is 1. The second-order valence-electron chi connectivity index (χ2n) is 6.85. The molecule has 4 N–H and O–H groups in total. The number of carbonyl (C=O) groups is 1. The molecule has 2 aromatic rings. The first-order chi connectivity index (χ1) is 12.4. The zero-order chi connectivity index (χ0) is 18.7. The van der Waals surface area contributed by atoms with Crippen molar-refractivity contribution in [1.82, 2.24) is 4.72 Å². The van der Waals surface area contributed by atoms with Crippen LogP contribution in [0.5, 0.6) is 0 Å². The smallest absolute Gasteiger partial charge is 0.241 e. The number of benzene rings is 2. The van der Waals surface area contributed by atoms with Gasteiger partial charge in [-0.2, -0.15) is 0 Å². The minimum absolute atomic E-state index is 0. The molecule has 0 heterocycles. The minimum Gasteiger partial charge on any atom is -0.330 e. The number of amides is 1. The monoisotopic (exact) mass is 411 g/mol. The lowest BCUT2D eigenvalue weighted by atomic mass is 9.85. The van der Waals surface area contributed by atoms with Crippen LogP contribution in [0.25, 0.3) is 10.8 Å². The Bertz CT molecular complexity index is 918. The first-order valence-corrected chi connectivity index (χ1v) is 10.4. The molecule has 0 spiro atoms. The largest absolute Gasteiger partial charge is 0.330 e. The van der Waals surface area contributed by atoms with Gasteiger partial charge >= 0.3 is 0 Å². The SMILES string of the molecule is CC(=O)Nc1ccc(S(=O)(=O)NC2CCCCC2CN)c2ccccc12.Cl. The molecule has 0 aliphatic heterocycles. The average Bonchev–Trinajstić information content (AvgIpc) is 2.61. The molecule has 148 valence electrons. The van der Waals surface area contributed by atoms with Gasteiger partial charge in [0.15, 0.2) is 0 Å². The number of hydrogen-bond donors (Lipinski definition) is 3. The first kappa shape index (κ1) is 21.6. The van der Waals surface area contributed by atoms with E-state index < -0.39 is 10.0 Å². The van der Waals surface area contributed by atoms with E-state index in [1.54, 1.807) is 24.3 Å². The molecule has 0 radical (unpaired) electrons. The van der Waals surface area contributed by atoms with Gasteiger partial charge in [0.2, 0.25) is 15.9 Å². The Balaban J connectivity index is 0.00000261. The van der Waals surface area contributed by atoms with Gasteiger partial charge in [-0.1, -0.05) is 37.1 Å². The third kappa shape index (κ3) is 4.79. The lowest BCUT2D eigenvalue weighted by Gasteiger charge is -2.31. The fourth-order valence-electron chi connectivity index (χ4n) is 3.71. The number of halogens is 1. The molecule has 1 fully saturated rings. The molecule has 2 aromatic carbocycles. The molecule has 0 saturated heterocycles. The predicted molar refractivity (Wildman–Crippen MR) is 111 cm³/mol. The van der Waals surface area contributed by atoms with Crippen LogP contribution in [-0.2, 0) is 14.8 Å². The molecule has 2 unspecified atom stereocenters. The molecule has 8 heteroatoms. The molecule has 2 atom stereocenters. The number of nitrogens with one attached hydrogen (secondary N) is 2. The van der Waals surface area contributed by atoms with Gasteiger partial charge < -0.3 is 11.1 Å². The van der Waals surface area contributed by atoms with E-state index in [0.29, 0.717) is 23.0 Å². The maximum Gasteiger partial charge on any atom is 0.241 e. The van der Waals surface area contributed by atoms with Crippen molar-refractivity contribution >= 4 is 44.8 Å². The lowest BCUT2D eigenvalue weighted by Crippen LogP contribution is -2.44. The molecular formula is C19H26ClN3O3S. The molecule has 1 aliphatic carbocycles. The van der Waals surface area contributed by atoms with Crippen molar-refractivity contribution in [2.24, 2.45) is 11.7 Å². The van der Waals surface area contributed by atoms with Crippen LogP contribution < -0.4 is 15.8 Å². The van der Waals surface area contributed by atoms with E-state index in [2.05, 4.69) is 10.0 Å².